The van der Waals surface area contributed by atoms with Crippen molar-refractivity contribution in [3.05, 3.63) is 0 Å². The normalized spacial score (nSPS) is 37.9. The number of hydrogen-bond donors (Lipinski definition) is 3. The Morgan fingerprint density at radius 2 is 1.27 bits per heavy atom. The average Bonchev–Trinajstić information content (AvgIpc) is 2.45. The van der Waals surface area contributed by atoms with Gasteiger partial charge in [-0.3, -0.25) is 0 Å². The first-order valence-electron chi connectivity index (χ1n) is 4.35. The molecule has 1 rings (SSSR count). The van der Waals surface area contributed by atoms with E-state index in [9.17, 15) is 0 Å². The maximum atomic E-state index is 3.34. The summed E-state index contributed by atoms with van der Waals surface area (Å²) in [5, 5.41) is 9.99. The molecule has 1 fully saturated rings. The first kappa shape index (κ1) is 8.97. The Hall–Kier alpha value is -0.120. The lowest BCUT2D eigenvalue weighted by atomic mass is 10.1. The van der Waals surface area contributed by atoms with Crippen LogP contribution in [0.1, 0.15) is 12.8 Å². The van der Waals surface area contributed by atoms with Gasteiger partial charge in [0.25, 0.3) is 0 Å². The molecule has 0 saturated heterocycles. The molecule has 3 N–H and O–H groups in total. The van der Waals surface area contributed by atoms with E-state index < -0.39 is 0 Å². The highest BCUT2D eigenvalue weighted by molar-refractivity contribution is 4.96. The fourth-order valence-corrected chi connectivity index (χ4v) is 2.05. The van der Waals surface area contributed by atoms with Gasteiger partial charge in [-0.05, 0) is 34.0 Å². The minimum absolute atomic E-state index is 0.588. The van der Waals surface area contributed by atoms with Crippen LogP contribution in [0.3, 0.4) is 0 Å². The second kappa shape index (κ2) is 4.04. The summed E-state index contributed by atoms with van der Waals surface area (Å²) >= 11 is 0. The van der Waals surface area contributed by atoms with Gasteiger partial charge in [-0.1, -0.05) is 0 Å². The number of nitrogens with one attached hydrogen (secondary N) is 3. The molecule has 0 aromatic heterocycles. The van der Waals surface area contributed by atoms with Crippen molar-refractivity contribution in [1.82, 2.24) is 16.0 Å². The predicted molar refractivity (Wildman–Crippen MR) is 47.8 cm³/mol. The third-order valence-corrected chi connectivity index (χ3v) is 2.73. The van der Waals surface area contributed by atoms with Crippen LogP contribution in [0.25, 0.3) is 0 Å². The summed E-state index contributed by atoms with van der Waals surface area (Å²) in [5.74, 6) is 0. The first-order chi connectivity index (χ1) is 5.33. The number of rotatable bonds is 3. The summed E-state index contributed by atoms with van der Waals surface area (Å²) in [7, 11) is 6.10. The fraction of sp³-hybridized carbons (Fsp3) is 1.00. The third-order valence-electron chi connectivity index (χ3n) is 2.73. The lowest BCUT2D eigenvalue weighted by Gasteiger charge is -2.23. The van der Waals surface area contributed by atoms with Crippen molar-refractivity contribution in [2.75, 3.05) is 21.1 Å². The molecule has 66 valence electrons. The molecular formula is C8H19N3. The van der Waals surface area contributed by atoms with Gasteiger partial charge in [0.1, 0.15) is 0 Å². The zero-order valence-corrected chi connectivity index (χ0v) is 7.65. The van der Waals surface area contributed by atoms with Crippen LogP contribution in [-0.4, -0.2) is 39.3 Å². The molecule has 3 nitrogen and oxygen atoms in total. The Kier molecular flexibility index (Phi) is 3.30. The molecule has 0 amide bonds. The molecule has 0 bridgehead atoms. The predicted octanol–water partition coefficient (Wildman–Crippen LogP) is -0.456. The van der Waals surface area contributed by atoms with Crippen LogP contribution in [-0.2, 0) is 0 Å². The van der Waals surface area contributed by atoms with E-state index in [1.165, 1.54) is 12.8 Å². The minimum Gasteiger partial charge on any atom is -0.315 e. The van der Waals surface area contributed by atoms with Gasteiger partial charge in [0.05, 0.1) is 0 Å². The summed E-state index contributed by atoms with van der Waals surface area (Å²) in [4.78, 5) is 0. The molecule has 11 heavy (non-hydrogen) atoms. The van der Waals surface area contributed by atoms with E-state index in [0.717, 1.165) is 0 Å². The molecule has 0 heterocycles. The summed E-state index contributed by atoms with van der Waals surface area (Å²) in [6.07, 6.45) is 2.54. The van der Waals surface area contributed by atoms with Crippen LogP contribution in [0.4, 0.5) is 0 Å². The number of hydrogen-bond acceptors (Lipinski definition) is 3. The van der Waals surface area contributed by atoms with Crippen LogP contribution in [0.2, 0.25) is 0 Å². The molecule has 0 spiro atoms. The van der Waals surface area contributed by atoms with Crippen LogP contribution in [0, 0.1) is 0 Å². The average molecular weight is 157 g/mol. The van der Waals surface area contributed by atoms with Crippen LogP contribution < -0.4 is 16.0 Å². The smallest absolute Gasteiger partial charge is 0.0373 e. The molecule has 0 radical (unpaired) electrons. The zero-order chi connectivity index (χ0) is 8.27. The Bertz CT molecular complexity index is 104. The van der Waals surface area contributed by atoms with Crippen molar-refractivity contribution in [2.24, 2.45) is 0 Å². The van der Waals surface area contributed by atoms with E-state index >= 15 is 0 Å². The summed E-state index contributed by atoms with van der Waals surface area (Å²) in [6.45, 7) is 0. The van der Waals surface area contributed by atoms with E-state index in [-0.39, 0.29) is 0 Å². The highest BCUT2D eigenvalue weighted by atomic mass is 15.1. The Balaban J connectivity index is 2.48. The van der Waals surface area contributed by atoms with Crippen molar-refractivity contribution in [2.45, 2.75) is 31.0 Å². The minimum atomic E-state index is 0.588. The molecule has 1 aliphatic rings. The van der Waals surface area contributed by atoms with E-state index in [4.69, 9.17) is 0 Å². The van der Waals surface area contributed by atoms with Crippen LogP contribution in [0.15, 0.2) is 0 Å². The molecule has 0 aromatic carbocycles. The van der Waals surface area contributed by atoms with Crippen molar-refractivity contribution in [3.63, 3.8) is 0 Å². The third kappa shape index (κ3) is 1.72. The lowest BCUT2D eigenvalue weighted by molar-refractivity contribution is 0.404. The van der Waals surface area contributed by atoms with E-state index in [2.05, 4.69) is 16.0 Å². The van der Waals surface area contributed by atoms with Crippen LogP contribution in [0.5, 0.6) is 0 Å². The summed E-state index contributed by atoms with van der Waals surface area (Å²) in [5.41, 5.74) is 0. The standard InChI is InChI=1S/C8H19N3/c1-9-6-4-5-7(10-2)8(6)11-3/h6-11H,4-5H2,1-3H3. The van der Waals surface area contributed by atoms with Gasteiger partial charge in [-0.25, -0.2) is 0 Å². The topological polar surface area (TPSA) is 36.1 Å². The monoisotopic (exact) mass is 157 g/mol. The second-order valence-corrected chi connectivity index (χ2v) is 3.18. The SMILES string of the molecule is CNC1CCC(NC)C1NC. The summed E-state index contributed by atoms with van der Waals surface area (Å²) in [6, 6.07) is 1.86. The van der Waals surface area contributed by atoms with E-state index in [1.807, 2.05) is 21.1 Å². The second-order valence-electron chi connectivity index (χ2n) is 3.18. The lowest BCUT2D eigenvalue weighted by Crippen LogP contribution is -2.50. The van der Waals surface area contributed by atoms with Gasteiger partial charge < -0.3 is 16.0 Å². The molecular weight excluding hydrogens is 138 g/mol. The van der Waals surface area contributed by atoms with Crippen molar-refractivity contribution < 1.29 is 0 Å². The van der Waals surface area contributed by atoms with Gasteiger partial charge >= 0.3 is 0 Å². The van der Waals surface area contributed by atoms with Gasteiger partial charge in [-0.2, -0.15) is 0 Å². The molecule has 2 atom stereocenters. The highest BCUT2D eigenvalue weighted by Gasteiger charge is 2.32. The quantitative estimate of drug-likeness (QED) is 0.519. The van der Waals surface area contributed by atoms with E-state index in [0.29, 0.717) is 18.1 Å². The Morgan fingerprint density at radius 3 is 1.55 bits per heavy atom. The molecule has 0 aliphatic heterocycles. The molecule has 0 aromatic rings. The molecule has 3 heteroatoms. The highest BCUT2D eigenvalue weighted by Crippen LogP contribution is 2.18. The van der Waals surface area contributed by atoms with Gasteiger partial charge in [0, 0.05) is 18.1 Å². The van der Waals surface area contributed by atoms with Gasteiger partial charge in [0.2, 0.25) is 0 Å². The zero-order valence-electron chi connectivity index (χ0n) is 7.65. The largest absolute Gasteiger partial charge is 0.315 e. The fourth-order valence-electron chi connectivity index (χ4n) is 2.05. The van der Waals surface area contributed by atoms with Gasteiger partial charge in [-0.15, -0.1) is 0 Å². The maximum absolute atomic E-state index is 3.34. The number of likely N-dealkylation sites (N-methyl/N-ethyl adjacent to an activating group) is 3. The summed E-state index contributed by atoms with van der Waals surface area (Å²) < 4.78 is 0. The maximum Gasteiger partial charge on any atom is 0.0373 e. The van der Waals surface area contributed by atoms with E-state index in [1.54, 1.807) is 0 Å². The van der Waals surface area contributed by atoms with Gasteiger partial charge in [0.15, 0.2) is 0 Å². The molecule has 1 aliphatic carbocycles. The Morgan fingerprint density at radius 1 is 0.818 bits per heavy atom. The first-order valence-corrected chi connectivity index (χ1v) is 4.35. The van der Waals surface area contributed by atoms with Crippen LogP contribution >= 0.6 is 0 Å². The Labute approximate surface area is 68.9 Å². The van der Waals surface area contributed by atoms with Crippen molar-refractivity contribution in [1.29, 1.82) is 0 Å². The molecule has 1 saturated carbocycles. The van der Waals surface area contributed by atoms with Crippen molar-refractivity contribution >= 4 is 0 Å². The molecule has 2 unspecified atom stereocenters. The van der Waals surface area contributed by atoms with Crippen molar-refractivity contribution in [3.8, 4) is 0 Å².